The molecule has 0 radical (unpaired) electrons. The van der Waals surface area contributed by atoms with Crippen molar-refractivity contribution in [3.63, 3.8) is 0 Å². The summed E-state index contributed by atoms with van der Waals surface area (Å²) in [4.78, 5) is 25.8. The van der Waals surface area contributed by atoms with Gasteiger partial charge in [-0.1, -0.05) is 0 Å². The summed E-state index contributed by atoms with van der Waals surface area (Å²) in [5.74, 6) is -1.09. The van der Waals surface area contributed by atoms with Crippen LogP contribution < -0.4 is 5.43 Å². The summed E-state index contributed by atoms with van der Waals surface area (Å²) in [5.41, 5.74) is 0.282. The van der Waals surface area contributed by atoms with Gasteiger partial charge in [-0.25, -0.2) is 9.18 Å². The fourth-order valence-electron chi connectivity index (χ4n) is 1.65. The van der Waals surface area contributed by atoms with Crippen LogP contribution in [0.25, 0.3) is 10.9 Å². The molecule has 17 heavy (non-hydrogen) atoms. The van der Waals surface area contributed by atoms with Crippen molar-refractivity contribution in [3.05, 3.63) is 45.5 Å². The van der Waals surface area contributed by atoms with Crippen molar-refractivity contribution in [2.45, 2.75) is 6.92 Å². The van der Waals surface area contributed by atoms with E-state index in [-0.39, 0.29) is 11.1 Å². The van der Waals surface area contributed by atoms with Gasteiger partial charge in [0, 0.05) is 17.0 Å². The normalized spacial score (nSPS) is 10.5. The van der Waals surface area contributed by atoms with Crippen LogP contribution in [0.15, 0.2) is 23.0 Å². The van der Waals surface area contributed by atoms with E-state index < -0.39 is 11.8 Å². The van der Waals surface area contributed by atoms with Gasteiger partial charge < -0.3 is 9.72 Å². The number of aromatic amines is 1. The number of halogens is 1. The van der Waals surface area contributed by atoms with Gasteiger partial charge in [-0.15, -0.1) is 0 Å². The summed E-state index contributed by atoms with van der Waals surface area (Å²) in [7, 11) is 1.21. The van der Waals surface area contributed by atoms with E-state index >= 15 is 0 Å². The van der Waals surface area contributed by atoms with E-state index in [1.165, 1.54) is 26.2 Å². The van der Waals surface area contributed by atoms with Crippen LogP contribution in [0.1, 0.15) is 16.1 Å². The van der Waals surface area contributed by atoms with Gasteiger partial charge in [0.1, 0.15) is 11.5 Å². The van der Waals surface area contributed by atoms with Gasteiger partial charge >= 0.3 is 5.97 Å². The lowest BCUT2D eigenvalue weighted by Gasteiger charge is -2.05. The first-order valence-electron chi connectivity index (χ1n) is 4.95. The fraction of sp³-hybridized carbons (Fsp3) is 0.167. The van der Waals surface area contributed by atoms with Crippen molar-refractivity contribution in [1.82, 2.24) is 4.98 Å². The number of carbonyl (C=O) groups is 1. The van der Waals surface area contributed by atoms with Crippen LogP contribution >= 0.6 is 0 Å². The molecule has 4 nitrogen and oxygen atoms in total. The number of aromatic nitrogens is 1. The quantitative estimate of drug-likeness (QED) is 0.766. The number of rotatable bonds is 1. The molecule has 1 aromatic heterocycles. The molecule has 0 amide bonds. The molecule has 0 atom stereocenters. The van der Waals surface area contributed by atoms with Crippen LogP contribution in [0.3, 0.4) is 0 Å². The van der Waals surface area contributed by atoms with E-state index in [0.717, 1.165) is 6.07 Å². The summed E-state index contributed by atoms with van der Waals surface area (Å²) in [6.45, 7) is 1.54. The first-order chi connectivity index (χ1) is 8.04. The maximum absolute atomic E-state index is 13.4. The van der Waals surface area contributed by atoms with E-state index in [2.05, 4.69) is 9.72 Å². The van der Waals surface area contributed by atoms with E-state index in [9.17, 15) is 14.0 Å². The minimum Gasteiger partial charge on any atom is -0.464 e. The Balaban J connectivity index is 2.84. The third kappa shape index (κ3) is 1.80. The number of hydrogen-bond donors (Lipinski definition) is 1. The minimum atomic E-state index is -0.660. The Labute approximate surface area is 96.0 Å². The summed E-state index contributed by atoms with van der Waals surface area (Å²) < 4.78 is 17.9. The molecule has 0 aliphatic heterocycles. The molecular formula is C12H10FNO3. The first kappa shape index (κ1) is 11.3. The molecule has 0 spiro atoms. The monoisotopic (exact) mass is 235 g/mol. The van der Waals surface area contributed by atoms with Crippen molar-refractivity contribution >= 4 is 16.9 Å². The van der Waals surface area contributed by atoms with Gasteiger partial charge in [-0.05, 0) is 19.1 Å². The van der Waals surface area contributed by atoms with Gasteiger partial charge in [0.05, 0.1) is 12.6 Å². The highest BCUT2D eigenvalue weighted by Gasteiger charge is 2.12. The minimum absolute atomic E-state index is 0.0127. The molecule has 0 unspecified atom stereocenters. The number of carbonyl (C=O) groups excluding carboxylic acids is 1. The summed E-state index contributed by atoms with van der Waals surface area (Å²) in [6, 6.07) is 3.76. The van der Waals surface area contributed by atoms with Crippen molar-refractivity contribution in [3.8, 4) is 0 Å². The van der Waals surface area contributed by atoms with Crippen LogP contribution in [-0.4, -0.2) is 18.1 Å². The SMILES string of the molecule is COC(=O)c1cc(=O)c2ccc(F)c(C)c2[nH]1. The number of fused-ring (bicyclic) bond motifs is 1. The molecule has 88 valence electrons. The molecule has 2 aromatic rings. The van der Waals surface area contributed by atoms with Crippen LogP contribution in [0.2, 0.25) is 0 Å². The van der Waals surface area contributed by atoms with Crippen LogP contribution in [0.4, 0.5) is 4.39 Å². The largest absolute Gasteiger partial charge is 0.464 e. The number of nitrogens with one attached hydrogen (secondary N) is 1. The number of methoxy groups -OCH3 is 1. The van der Waals surface area contributed by atoms with Crippen molar-refractivity contribution < 1.29 is 13.9 Å². The number of aryl methyl sites for hydroxylation is 1. The standard InChI is InChI=1S/C12H10FNO3/c1-6-8(13)4-3-7-10(15)5-9(12(16)17-2)14-11(6)7/h3-5H,1-2H3,(H,14,15). The number of pyridine rings is 1. The molecule has 1 N–H and O–H groups in total. The van der Waals surface area contributed by atoms with Gasteiger partial charge in [-0.3, -0.25) is 4.79 Å². The number of benzene rings is 1. The number of H-pyrrole nitrogens is 1. The molecule has 1 aromatic carbocycles. The maximum Gasteiger partial charge on any atom is 0.354 e. The molecule has 0 aliphatic rings. The lowest BCUT2D eigenvalue weighted by atomic mass is 10.1. The Morgan fingerprint density at radius 2 is 2.12 bits per heavy atom. The molecular weight excluding hydrogens is 225 g/mol. The highest BCUT2D eigenvalue weighted by Crippen LogP contribution is 2.16. The number of esters is 1. The summed E-state index contributed by atoms with van der Waals surface area (Å²) >= 11 is 0. The Kier molecular flexibility index (Phi) is 2.67. The number of hydrogen-bond acceptors (Lipinski definition) is 3. The van der Waals surface area contributed by atoms with Gasteiger partial charge in [0.25, 0.3) is 0 Å². The Morgan fingerprint density at radius 1 is 1.41 bits per heavy atom. The third-order valence-electron chi connectivity index (χ3n) is 2.60. The van der Waals surface area contributed by atoms with E-state index in [1.807, 2.05) is 0 Å². The summed E-state index contributed by atoms with van der Waals surface area (Å²) in [6.07, 6.45) is 0. The highest BCUT2D eigenvalue weighted by atomic mass is 19.1. The first-order valence-corrected chi connectivity index (χ1v) is 4.95. The van der Waals surface area contributed by atoms with Crippen molar-refractivity contribution in [2.24, 2.45) is 0 Å². The zero-order valence-electron chi connectivity index (χ0n) is 9.33. The van der Waals surface area contributed by atoms with Gasteiger partial charge in [0.15, 0.2) is 5.43 Å². The molecule has 2 rings (SSSR count). The van der Waals surface area contributed by atoms with Gasteiger partial charge in [-0.2, -0.15) is 0 Å². The zero-order chi connectivity index (χ0) is 12.6. The molecule has 5 heteroatoms. The molecule has 0 bridgehead atoms. The lowest BCUT2D eigenvalue weighted by Crippen LogP contribution is -2.12. The number of ether oxygens (including phenoxy) is 1. The van der Waals surface area contributed by atoms with Crippen LogP contribution in [0.5, 0.6) is 0 Å². The second kappa shape index (κ2) is 4.01. The van der Waals surface area contributed by atoms with E-state index in [0.29, 0.717) is 16.5 Å². The molecule has 0 saturated carbocycles. The van der Waals surface area contributed by atoms with E-state index in [4.69, 9.17) is 0 Å². The average Bonchev–Trinajstić information content (AvgIpc) is 2.33. The molecule has 0 aliphatic carbocycles. The third-order valence-corrected chi connectivity index (χ3v) is 2.60. The summed E-state index contributed by atoms with van der Waals surface area (Å²) in [5, 5.41) is 0.344. The van der Waals surface area contributed by atoms with Crippen LogP contribution in [-0.2, 0) is 4.74 Å². The Hall–Kier alpha value is -2.17. The Bertz CT molecular complexity index is 661. The second-order valence-electron chi connectivity index (χ2n) is 3.63. The molecule has 0 saturated heterocycles. The maximum atomic E-state index is 13.4. The lowest BCUT2D eigenvalue weighted by molar-refractivity contribution is 0.0594. The average molecular weight is 235 g/mol. The zero-order valence-corrected chi connectivity index (χ0v) is 9.33. The molecule has 1 heterocycles. The topological polar surface area (TPSA) is 59.2 Å². The Morgan fingerprint density at radius 3 is 2.76 bits per heavy atom. The van der Waals surface area contributed by atoms with Crippen molar-refractivity contribution in [2.75, 3.05) is 7.11 Å². The van der Waals surface area contributed by atoms with Crippen molar-refractivity contribution in [1.29, 1.82) is 0 Å². The fourth-order valence-corrected chi connectivity index (χ4v) is 1.65. The predicted molar refractivity (Wildman–Crippen MR) is 60.6 cm³/mol. The second-order valence-corrected chi connectivity index (χ2v) is 3.63. The smallest absolute Gasteiger partial charge is 0.354 e. The van der Waals surface area contributed by atoms with E-state index in [1.54, 1.807) is 0 Å². The van der Waals surface area contributed by atoms with Gasteiger partial charge in [0.2, 0.25) is 0 Å². The highest BCUT2D eigenvalue weighted by molar-refractivity contribution is 5.91. The van der Waals surface area contributed by atoms with Crippen LogP contribution in [0, 0.1) is 12.7 Å². The predicted octanol–water partition coefficient (Wildman–Crippen LogP) is 1.76. The molecule has 0 fully saturated rings.